The molecule has 0 spiro atoms. The summed E-state index contributed by atoms with van der Waals surface area (Å²) in [4.78, 5) is 0. The summed E-state index contributed by atoms with van der Waals surface area (Å²) in [6.45, 7) is 2.89. The van der Waals surface area contributed by atoms with Crippen LogP contribution in [0.3, 0.4) is 0 Å². The minimum atomic E-state index is -0.557. The number of rotatable bonds is 6. The predicted molar refractivity (Wildman–Crippen MR) is 65.4 cm³/mol. The van der Waals surface area contributed by atoms with Gasteiger partial charge >= 0.3 is 0 Å². The Bertz CT molecular complexity index is 307. The monoisotopic (exact) mass is 235 g/mol. The highest BCUT2D eigenvalue weighted by atomic mass is 16.5. The Labute approximate surface area is 102 Å². The molecule has 3 heteroatoms. The lowest BCUT2D eigenvalue weighted by molar-refractivity contribution is 0.0165. The molecule has 1 N–H and O–H groups in total. The van der Waals surface area contributed by atoms with Crippen molar-refractivity contribution in [2.24, 2.45) is 0 Å². The number of hydrogen-bond donors (Lipinski definition) is 1. The molecule has 2 rings (SSSR count). The summed E-state index contributed by atoms with van der Waals surface area (Å²) in [7, 11) is 0. The molecule has 1 saturated heterocycles. The normalized spacial score (nSPS) is 21.6. The van der Waals surface area contributed by atoms with Gasteiger partial charge in [0.25, 0.3) is 0 Å². The van der Waals surface area contributed by atoms with Gasteiger partial charge < -0.3 is 14.6 Å². The van der Waals surface area contributed by atoms with Crippen LogP contribution in [0.15, 0.2) is 30.3 Å². The van der Waals surface area contributed by atoms with Crippen molar-refractivity contribution in [2.45, 2.75) is 31.5 Å². The van der Waals surface area contributed by atoms with Gasteiger partial charge in [-0.2, -0.15) is 0 Å². The van der Waals surface area contributed by atoms with Gasteiger partial charge in [-0.25, -0.2) is 0 Å². The van der Waals surface area contributed by atoms with Gasteiger partial charge in [0.15, 0.2) is 0 Å². The smallest absolute Gasteiger partial charge is 0.112 e. The Morgan fingerprint density at radius 2 is 2.24 bits per heavy atom. The number of ether oxygens (including phenoxy) is 2. The van der Waals surface area contributed by atoms with Gasteiger partial charge in [-0.3, -0.25) is 0 Å². The van der Waals surface area contributed by atoms with E-state index >= 15 is 0 Å². The van der Waals surface area contributed by atoms with Crippen LogP contribution in [0.25, 0.3) is 0 Å². The van der Waals surface area contributed by atoms with E-state index in [4.69, 9.17) is 9.47 Å². The highest BCUT2D eigenvalue weighted by Gasteiger charge is 2.16. The Balaban J connectivity index is 1.62. The molecule has 3 nitrogen and oxygen atoms in total. The van der Waals surface area contributed by atoms with Gasteiger partial charge in [0, 0.05) is 13.0 Å². The Morgan fingerprint density at radius 3 is 2.94 bits per heavy atom. The number of aliphatic hydroxyl groups excluding tert-OH is 1. The summed E-state index contributed by atoms with van der Waals surface area (Å²) in [5.41, 5.74) is 1.11. The first-order valence-electron chi connectivity index (χ1n) is 6.13. The molecule has 1 aliphatic heterocycles. The van der Waals surface area contributed by atoms with Crippen molar-refractivity contribution in [2.75, 3.05) is 13.2 Å². The first-order valence-corrected chi connectivity index (χ1v) is 6.13. The molecule has 1 radical (unpaired) electrons. The highest BCUT2D eigenvalue weighted by Crippen LogP contribution is 2.13. The minimum Gasteiger partial charge on any atom is -0.390 e. The van der Waals surface area contributed by atoms with Crippen molar-refractivity contribution < 1.29 is 14.6 Å². The molecule has 0 saturated carbocycles. The molecule has 2 atom stereocenters. The third-order valence-electron chi connectivity index (χ3n) is 2.85. The minimum absolute atomic E-state index is 0.204. The summed E-state index contributed by atoms with van der Waals surface area (Å²) in [6, 6.07) is 9.90. The van der Waals surface area contributed by atoms with E-state index < -0.39 is 6.10 Å². The molecule has 0 aliphatic carbocycles. The zero-order chi connectivity index (χ0) is 11.9. The van der Waals surface area contributed by atoms with E-state index in [1.807, 2.05) is 30.3 Å². The molecule has 0 bridgehead atoms. The quantitative estimate of drug-likeness (QED) is 0.819. The molecule has 17 heavy (non-hydrogen) atoms. The van der Waals surface area contributed by atoms with Crippen LogP contribution in [-0.2, 0) is 15.9 Å². The van der Waals surface area contributed by atoms with Crippen LogP contribution < -0.4 is 0 Å². The lowest BCUT2D eigenvalue weighted by Gasteiger charge is -2.13. The molecule has 1 aliphatic rings. The molecule has 1 aromatic rings. The molecular formula is C14H19O3. The predicted octanol–water partition coefficient (Wildman–Crippen LogP) is 1.95. The molecule has 1 fully saturated rings. The van der Waals surface area contributed by atoms with Crippen molar-refractivity contribution in [3.05, 3.63) is 42.5 Å². The summed E-state index contributed by atoms with van der Waals surface area (Å²) in [5, 5.41) is 9.76. The van der Waals surface area contributed by atoms with E-state index in [9.17, 15) is 5.11 Å². The summed E-state index contributed by atoms with van der Waals surface area (Å²) in [5.74, 6) is 0. The third kappa shape index (κ3) is 4.46. The molecule has 0 aromatic heterocycles. The van der Waals surface area contributed by atoms with E-state index in [0.717, 1.165) is 25.0 Å². The topological polar surface area (TPSA) is 38.7 Å². The summed E-state index contributed by atoms with van der Waals surface area (Å²) >= 11 is 0. The van der Waals surface area contributed by atoms with Gasteiger partial charge in [0.05, 0.1) is 18.8 Å². The fourth-order valence-electron chi connectivity index (χ4n) is 1.95. The number of hydrogen-bond acceptors (Lipinski definition) is 3. The molecule has 1 heterocycles. The van der Waals surface area contributed by atoms with E-state index in [-0.39, 0.29) is 6.10 Å². The Kier molecular flexibility index (Phi) is 4.98. The molecule has 93 valence electrons. The highest BCUT2D eigenvalue weighted by molar-refractivity contribution is 5.15. The van der Waals surface area contributed by atoms with Gasteiger partial charge in [-0.15, -0.1) is 0 Å². The first-order chi connectivity index (χ1) is 8.34. The maximum atomic E-state index is 9.76. The molecular weight excluding hydrogens is 216 g/mol. The molecule has 0 amide bonds. The van der Waals surface area contributed by atoms with Crippen molar-refractivity contribution >= 4 is 0 Å². The molecule has 2 unspecified atom stereocenters. The summed E-state index contributed by atoms with van der Waals surface area (Å²) < 4.78 is 10.8. The van der Waals surface area contributed by atoms with E-state index in [0.29, 0.717) is 13.0 Å². The second kappa shape index (κ2) is 6.74. The average Bonchev–Trinajstić information content (AvgIpc) is 2.83. The summed E-state index contributed by atoms with van der Waals surface area (Å²) in [6.07, 6.45) is 2.41. The van der Waals surface area contributed by atoms with E-state index in [1.165, 1.54) is 6.61 Å². The third-order valence-corrected chi connectivity index (χ3v) is 2.85. The standard InChI is InChI=1S/C14H19O3/c15-13(9-12-5-2-1-3-6-12)10-16-11-14-7-4-8-17-14/h1-3,5-6,10,13-15H,4,7-9,11H2. The Hall–Kier alpha value is -0.900. The SMILES string of the molecule is OC([CH]OCC1CCCO1)Cc1ccccc1. The zero-order valence-electron chi connectivity index (χ0n) is 9.92. The van der Waals surface area contributed by atoms with Crippen molar-refractivity contribution in [3.8, 4) is 0 Å². The van der Waals surface area contributed by atoms with Crippen LogP contribution in [0.2, 0.25) is 0 Å². The van der Waals surface area contributed by atoms with Gasteiger partial charge in [0.1, 0.15) is 6.61 Å². The molecule has 1 aromatic carbocycles. The second-order valence-corrected chi connectivity index (χ2v) is 4.36. The fraction of sp³-hybridized carbons (Fsp3) is 0.500. The largest absolute Gasteiger partial charge is 0.390 e. The maximum Gasteiger partial charge on any atom is 0.112 e. The lowest BCUT2D eigenvalue weighted by atomic mass is 10.1. The number of aliphatic hydroxyl groups is 1. The fourth-order valence-corrected chi connectivity index (χ4v) is 1.95. The van der Waals surface area contributed by atoms with Crippen LogP contribution in [0.4, 0.5) is 0 Å². The van der Waals surface area contributed by atoms with Crippen LogP contribution in [0.5, 0.6) is 0 Å². The van der Waals surface area contributed by atoms with Crippen molar-refractivity contribution in [1.29, 1.82) is 0 Å². The van der Waals surface area contributed by atoms with Gasteiger partial charge in [-0.05, 0) is 18.4 Å². The van der Waals surface area contributed by atoms with Gasteiger partial charge in [-0.1, -0.05) is 30.3 Å². The average molecular weight is 235 g/mol. The van der Waals surface area contributed by atoms with Crippen LogP contribution in [0.1, 0.15) is 18.4 Å². The second-order valence-electron chi connectivity index (χ2n) is 4.36. The first kappa shape index (κ1) is 12.6. The lowest BCUT2D eigenvalue weighted by Crippen LogP contribution is -2.18. The van der Waals surface area contributed by atoms with Crippen molar-refractivity contribution in [3.63, 3.8) is 0 Å². The Morgan fingerprint density at radius 1 is 1.41 bits per heavy atom. The zero-order valence-corrected chi connectivity index (χ0v) is 9.92. The maximum absolute atomic E-state index is 9.76. The van der Waals surface area contributed by atoms with Crippen LogP contribution in [-0.4, -0.2) is 30.5 Å². The van der Waals surface area contributed by atoms with E-state index in [1.54, 1.807) is 0 Å². The van der Waals surface area contributed by atoms with Gasteiger partial charge in [0.2, 0.25) is 0 Å². The van der Waals surface area contributed by atoms with Crippen LogP contribution >= 0.6 is 0 Å². The number of benzene rings is 1. The van der Waals surface area contributed by atoms with E-state index in [2.05, 4.69) is 0 Å². The van der Waals surface area contributed by atoms with Crippen molar-refractivity contribution in [1.82, 2.24) is 0 Å². The van der Waals surface area contributed by atoms with Crippen LogP contribution in [0, 0.1) is 6.61 Å².